The van der Waals surface area contributed by atoms with Gasteiger partial charge in [0.1, 0.15) is 0 Å². The Labute approximate surface area is 135 Å². The summed E-state index contributed by atoms with van der Waals surface area (Å²) in [6.07, 6.45) is 6.48. The van der Waals surface area contributed by atoms with E-state index in [-0.39, 0.29) is 5.54 Å². The number of pyridine rings is 1. The van der Waals surface area contributed by atoms with Gasteiger partial charge in [-0.1, -0.05) is 6.08 Å². The number of anilines is 1. The topological polar surface area (TPSA) is 49.0 Å². The van der Waals surface area contributed by atoms with Gasteiger partial charge < -0.3 is 16.0 Å². The number of aromatic nitrogens is 1. The summed E-state index contributed by atoms with van der Waals surface area (Å²) < 4.78 is 0. The van der Waals surface area contributed by atoms with Crippen molar-refractivity contribution in [1.29, 1.82) is 0 Å². The van der Waals surface area contributed by atoms with Gasteiger partial charge in [0.05, 0.1) is 11.4 Å². The molecular formula is C18H32N4. The van der Waals surface area contributed by atoms with Crippen LogP contribution >= 0.6 is 0 Å². The number of rotatable bonds is 8. The van der Waals surface area contributed by atoms with Crippen LogP contribution in [0.2, 0.25) is 0 Å². The molecule has 3 N–H and O–H groups in total. The molecule has 0 aliphatic carbocycles. The fourth-order valence-corrected chi connectivity index (χ4v) is 2.49. The second kappa shape index (κ2) is 8.91. The molecule has 1 aromatic heterocycles. The molecule has 1 atom stereocenters. The minimum atomic E-state index is 0.141. The van der Waals surface area contributed by atoms with Gasteiger partial charge in [-0.2, -0.15) is 0 Å². The van der Waals surface area contributed by atoms with E-state index in [2.05, 4.69) is 59.9 Å². The van der Waals surface area contributed by atoms with Crippen molar-refractivity contribution in [3.63, 3.8) is 0 Å². The molecule has 22 heavy (non-hydrogen) atoms. The number of likely N-dealkylation sites (N-methyl/N-ethyl adjacent to an activating group) is 1. The smallest absolute Gasteiger partial charge is 0.0860 e. The summed E-state index contributed by atoms with van der Waals surface area (Å²) in [5, 5.41) is 10.1. The fourth-order valence-electron chi connectivity index (χ4n) is 2.49. The quantitative estimate of drug-likeness (QED) is 0.690. The van der Waals surface area contributed by atoms with E-state index in [0.29, 0.717) is 6.04 Å². The van der Waals surface area contributed by atoms with Crippen molar-refractivity contribution in [2.45, 2.75) is 52.1 Å². The molecule has 4 heteroatoms. The van der Waals surface area contributed by atoms with Crippen LogP contribution in [-0.2, 0) is 0 Å². The third-order valence-electron chi connectivity index (χ3n) is 3.38. The van der Waals surface area contributed by atoms with E-state index >= 15 is 0 Å². The van der Waals surface area contributed by atoms with Crippen molar-refractivity contribution in [2.75, 3.05) is 26.0 Å². The lowest BCUT2D eigenvalue weighted by Gasteiger charge is -2.28. The zero-order chi connectivity index (χ0) is 16.6. The lowest BCUT2D eigenvalue weighted by molar-refractivity contribution is 0.340. The predicted octanol–water partition coefficient (Wildman–Crippen LogP) is 3.20. The van der Waals surface area contributed by atoms with Gasteiger partial charge in [-0.15, -0.1) is 0 Å². The molecule has 0 aliphatic rings. The summed E-state index contributed by atoms with van der Waals surface area (Å²) in [4.78, 5) is 4.58. The number of nitrogens with one attached hydrogen (secondary N) is 3. The minimum Gasteiger partial charge on any atom is -0.386 e. The van der Waals surface area contributed by atoms with Crippen molar-refractivity contribution in [2.24, 2.45) is 0 Å². The summed E-state index contributed by atoms with van der Waals surface area (Å²) in [5.74, 6) is 0. The second-order valence-electron chi connectivity index (χ2n) is 6.76. The van der Waals surface area contributed by atoms with E-state index in [0.717, 1.165) is 36.5 Å². The van der Waals surface area contributed by atoms with Crippen LogP contribution in [0.3, 0.4) is 0 Å². The van der Waals surface area contributed by atoms with E-state index in [9.17, 15) is 0 Å². The molecule has 0 saturated heterocycles. The molecule has 1 unspecified atom stereocenters. The molecule has 0 radical (unpaired) electrons. The van der Waals surface area contributed by atoms with Gasteiger partial charge in [0.2, 0.25) is 0 Å². The SMILES string of the molecule is CNCC(CC/C=C\c1nc(C)ccc1NC)NC(C)(C)C. The highest BCUT2D eigenvalue weighted by Crippen LogP contribution is 2.15. The van der Waals surface area contributed by atoms with E-state index < -0.39 is 0 Å². The first-order chi connectivity index (χ1) is 10.4. The van der Waals surface area contributed by atoms with Crippen LogP contribution in [0.25, 0.3) is 6.08 Å². The zero-order valence-electron chi connectivity index (χ0n) is 15.0. The molecule has 0 fully saturated rings. The van der Waals surface area contributed by atoms with Gasteiger partial charge in [0, 0.05) is 30.9 Å². The Hall–Kier alpha value is -1.39. The molecule has 0 aliphatic heterocycles. The summed E-state index contributed by atoms with van der Waals surface area (Å²) in [7, 11) is 3.93. The van der Waals surface area contributed by atoms with Crippen LogP contribution in [0.1, 0.15) is 45.0 Å². The highest BCUT2D eigenvalue weighted by molar-refractivity contribution is 5.63. The number of hydrogen-bond donors (Lipinski definition) is 3. The Kier molecular flexibility index (Phi) is 7.56. The maximum absolute atomic E-state index is 4.58. The Morgan fingerprint density at radius 3 is 2.55 bits per heavy atom. The Morgan fingerprint density at radius 1 is 1.23 bits per heavy atom. The van der Waals surface area contributed by atoms with Crippen molar-refractivity contribution in [1.82, 2.24) is 15.6 Å². The Morgan fingerprint density at radius 2 is 1.95 bits per heavy atom. The Bertz CT molecular complexity index is 474. The van der Waals surface area contributed by atoms with Crippen LogP contribution < -0.4 is 16.0 Å². The molecule has 124 valence electrons. The molecule has 0 aromatic carbocycles. The van der Waals surface area contributed by atoms with Crippen LogP contribution in [-0.4, -0.2) is 37.2 Å². The van der Waals surface area contributed by atoms with Crippen LogP contribution in [0.4, 0.5) is 5.69 Å². The average Bonchev–Trinajstić information content (AvgIpc) is 2.42. The van der Waals surface area contributed by atoms with Crippen molar-refractivity contribution >= 4 is 11.8 Å². The largest absolute Gasteiger partial charge is 0.386 e. The van der Waals surface area contributed by atoms with Crippen molar-refractivity contribution in [3.05, 3.63) is 29.6 Å². The monoisotopic (exact) mass is 304 g/mol. The molecule has 1 rings (SSSR count). The van der Waals surface area contributed by atoms with E-state index in [1.54, 1.807) is 0 Å². The van der Waals surface area contributed by atoms with E-state index in [1.165, 1.54) is 0 Å². The molecule has 4 nitrogen and oxygen atoms in total. The number of allylic oxidation sites excluding steroid dienone is 1. The molecule has 0 bridgehead atoms. The maximum atomic E-state index is 4.58. The summed E-state index contributed by atoms with van der Waals surface area (Å²) >= 11 is 0. The van der Waals surface area contributed by atoms with E-state index in [1.807, 2.05) is 27.1 Å². The van der Waals surface area contributed by atoms with Gasteiger partial charge in [-0.25, -0.2) is 0 Å². The van der Waals surface area contributed by atoms with Crippen LogP contribution in [0.5, 0.6) is 0 Å². The zero-order valence-corrected chi connectivity index (χ0v) is 15.0. The van der Waals surface area contributed by atoms with Crippen molar-refractivity contribution in [3.8, 4) is 0 Å². The van der Waals surface area contributed by atoms with E-state index in [4.69, 9.17) is 0 Å². The maximum Gasteiger partial charge on any atom is 0.0860 e. The second-order valence-corrected chi connectivity index (χ2v) is 6.76. The minimum absolute atomic E-state index is 0.141. The summed E-state index contributed by atoms with van der Waals surface area (Å²) in [6.45, 7) is 9.63. The number of aryl methyl sites for hydroxylation is 1. The molecule has 1 aromatic rings. The van der Waals surface area contributed by atoms with Crippen LogP contribution in [0, 0.1) is 6.92 Å². The highest BCUT2D eigenvalue weighted by atomic mass is 15.0. The lowest BCUT2D eigenvalue weighted by Crippen LogP contribution is -2.47. The first-order valence-corrected chi connectivity index (χ1v) is 8.10. The normalized spacial score (nSPS) is 13.5. The average molecular weight is 304 g/mol. The predicted molar refractivity (Wildman–Crippen MR) is 97.4 cm³/mol. The molecule has 1 heterocycles. The first kappa shape index (κ1) is 18.7. The third-order valence-corrected chi connectivity index (χ3v) is 3.38. The fraction of sp³-hybridized carbons (Fsp3) is 0.611. The number of hydrogen-bond acceptors (Lipinski definition) is 4. The van der Waals surface area contributed by atoms with Gasteiger partial charge in [-0.05, 0) is 65.8 Å². The van der Waals surface area contributed by atoms with Gasteiger partial charge in [-0.3, -0.25) is 4.98 Å². The molecular weight excluding hydrogens is 272 g/mol. The molecule has 0 spiro atoms. The third kappa shape index (κ3) is 7.05. The standard InChI is InChI=1S/C18H32N4/c1-14-11-12-16(20-6)17(21-14)10-8-7-9-15(13-19-5)22-18(2,3)4/h8,10-12,15,19-20,22H,7,9,13H2,1-6H3/b10-8-. The first-order valence-electron chi connectivity index (χ1n) is 8.10. The van der Waals surface area contributed by atoms with Gasteiger partial charge in [0.25, 0.3) is 0 Å². The number of nitrogens with zero attached hydrogens (tertiary/aromatic N) is 1. The van der Waals surface area contributed by atoms with Gasteiger partial charge in [0.15, 0.2) is 0 Å². The van der Waals surface area contributed by atoms with Crippen molar-refractivity contribution < 1.29 is 0 Å². The highest BCUT2D eigenvalue weighted by Gasteiger charge is 2.15. The molecule has 0 amide bonds. The summed E-state index contributed by atoms with van der Waals surface area (Å²) in [5.41, 5.74) is 3.27. The molecule has 0 saturated carbocycles. The van der Waals surface area contributed by atoms with Gasteiger partial charge >= 0.3 is 0 Å². The Balaban J connectivity index is 2.59. The lowest BCUT2D eigenvalue weighted by atomic mass is 10.0. The van der Waals surface area contributed by atoms with Crippen LogP contribution in [0.15, 0.2) is 18.2 Å². The summed E-state index contributed by atoms with van der Waals surface area (Å²) in [6, 6.07) is 4.58.